The summed E-state index contributed by atoms with van der Waals surface area (Å²) in [5.74, 6) is -1.34. The van der Waals surface area contributed by atoms with E-state index in [1.54, 1.807) is 12.1 Å². The maximum atomic E-state index is 13.1. The van der Waals surface area contributed by atoms with Crippen LogP contribution in [0.5, 0.6) is 5.75 Å². The highest BCUT2D eigenvalue weighted by molar-refractivity contribution is 7.89. The van der Waals surface area contributed by atoms with Crippen molar-refractivity contribution in [2.24, 2.45) is 5.92 Å². The van der Waals surface area contributed by atoms with E-state index in [0.29, 0.717) is 5.69 Å². The minimum Gasteiger partial charge on any atom is -0.406 e. The Morgan fingerprint density at radius 1 is 1.21 bits per heavy atom. The number of carbonyl (C=O) groups is 1. The van der Waals surface area contributed by atoms with Crippen molar-refractivity contribution in [1.29, 1.82) is 0 Å². The molecule has 1 fully saturated rings. The lowest BCUT2D eigenvalue weighted by Crippen LogP contribution is -2.50. The number of rotatable bonds is 6. The highest BCUT2D eigenvalue weighted by Crippen LogP contribution is 2.33. The quantitative estimate of drug-likeness (QED) is 0.646. The lowest BCUT2D eigenvalue weighted by atomic mass is 9.91. The van der Waals surface area contributed by atoms with Gasteiger partial charge in [0.25, 0.3) is 0 Å². The van der Waals surface area contributed by atoms with Crippen molar-refractivity contribution in [2.75, 3.05) is 25.1 Å². The highest BCUT2D eigenvalue weighted by Gasteiger charge is 2.40. The number of amides is 1. The van der Waals surface area contributed by atoms with E-state index in [9.17, 15) is 31.5 Å². The van der Waals surface area contributed by atoms with Crippen molar-refractivity contribution >= 4 is 33.2 Å². The first-order chi connectivity index (χ1) is 15.4. The molecule has 1 aliphatic rings. The van der Waals surface area contributed by atoms with Crippen molar-refractivity contribution in [3.05, 3.63) is 53.6 Å². The van der Waals surface area contributed by atoms with E-state index < -0.39 is 40.7 Å². The first kappa shape index (κ1) is 25.3. The van der Waals surface area contributed by atoms with Crippen LogP contribution in [0.3, 0.4) is 0 Å². The molecule has 2 aromatic carbocycles. The molecule has 1 saturated heterocycles. The zero-order valence-corrected chi connectivity index (χ0v) is 19.1. The Hall–Kier alpha value is -2.34. The Kier molecular flexibility index (Phi) is 7.57. The summed E-state index contributed by atoms with van der Waals surface area (Å²) >= 11 is 6.05. The van der Waals surface area contributed by atoms with Gasteiger partial charge in [0.2, 0.25) is 15.9 Å². The van der Waals surface area contributed by atoms with Crippen LogP contribution in [-0.4, -0.2) is 56.3 Å². The van der Waals surface area contributed by atoms with E-state index in [1.165, 1.54) is 36.2 Å². The summed E-state index contributed by atoms with van der Waals surface area (Å²) in [5.41, 5.74) is 0.348. The lowest BCUT2D eigenvalue weighted by Gasteiger charge is -2.38. The molecule has 0 radical (unpaired) electrons. The third kappa shape index (κ3) is 5.78. The maximum absolute atomic E-state index is 13.1. The predicted molar refractivity (Wildman–Crippen MR) is 115 cm³/mol. The average molecular weight is 507 g/mol. The van der Waals surface area contributed by atoms with E-state index in [-0.39, 0.29) is 35.2 Å². The smallest absolute Gasteiger partial charge is 0.406 e. The van der Waals surface area contributed by atoms with Crippen LogP contribution >= 0.6 is 11.6 Å². The number of ether oxygens (including phenoxy) is 1. The second-order valence-corrected chi connectivity index (χ2v) is 9.81. The number of piperidine rings is 1. The predicted octanol–water partition coefficient (Wildman–Crippen LogP) is 3.66. The number of nitrogens with zero attached hydrogens (tertiary/aromatic N) is 2. The summed E-state index contributed by atoms with van der Waals surface area (Å²) in [6.45, 7) is -0.484. The third-order valence-electron chi connectivity index (χ3n) is 5.43. The van der Waals surface area contributed by atoms with E-state index in [1.807, 2.05) is 0 Å². The molecule has 2 atom stereocenters. The zero-order chi connectivity index (χ0) is 24.4. The molecule has 2 aromatic rings. The molecule has 7 nitrogen and oxygen atoms in total. The van der Waals surface area contributed by atoms with Crippen LogP contribution in [0.25, 0.3) is 0 Å². The number of alkyl halides is 3. The number of aliphatic hydroxyl groups is 1. The Morgan fingerprint density at radius 2 is 1.85 bits per heavy atom. The van der Waals surface area contributed by atoms with Gasteiger partial charge in [-0.1, -0.05) is 23.7 Å². The molecular formula is C21H22ClF3N2O5S. The molecule has 12 heteroatoms. The molecule has 1 aliphatic heterocycles. The first-order valence-corrected chi connectivity index (χ1v) is 11.8. The van der Waals surface area contributed by atoms with E-state index >= 15 is 0 Å². The van der Waals surface area contributed by atoms with Crippen LogP contribution in [0.15, 0.2) is 53.4 Å². The van der Waals surface area contributed by atoms with Gasteiger partial charge in [-0.3, -0.25) is 4.79 Å². The Labute approximate surface area is 194 Å². The molecule has 180 valence electrons. The molecule has 0 saturated carbocycles. The van der Waals surface area contributed by atoms with Gasteiger partial charge < -0.3 is 14.7 Å². The third-order valence-corrected chi connectivity index (χ3v) is 7.88. The van der Waals surface area contributed by atoms with Crippen molar-refractivity contribution in [1.82, 2.24) is 4.31 Å². The number of halogens is 4. The molecule has 1 amide bonds. The molecule has 0 bridgehead atoms. The van der Waals surface area contributed by atoms with Gasteiger partial charge in [0.15, 0.2) is 0 Å². The number of benzene rings is 2. The summed E-state index contributed by atoms with van der Waals surface area (Å²) in [6.07, 6.45) is -4.53. The number of hydrogen-bond acceptors (Lipinski definition) is 5. The fourth-order valence-corrected chi connectivity index (χ4v) is 5.93. The number of anilines is 1. The summed E-state index contributed by atoms with van der Waals surface area (Å²) in [7, 11) is -2.51. The molecule has 3 rings (SSSR count). The topological polar surface area (TPSA) is 87.2 Å². The van der Waals surface area contributed by atoms with Crippen LogP contribution in [0.4, 0.5) is 18.9 Å². The SMILES string of the molecule is CN(C(=O)[C@H]1CCN(S(=O)(=O)c2ccccc2Cl)[C@H](CO)C1)c1ccc(OC(F)(F)F)cc1. The summed E-state index contributed by atoms with van der Waals surface area (Å²) < 4.78 is 68.1. The Bertz CT molecular complexity index is 1100. The Balaban J connectivity index is 1.72. The molecule has 0 aliphatic carbocycles. The van der Waals surface area contributed by atoms with E-state index in [0.717, 1.165) is 16.4 Å². The number of aliphatic hydroxyl groups excluding tert-OH is 1. The largest absolute Gasteiger partial charge is 0.573 e. The van der Waals surface area contributed by atoms with Crippen LogP contribution in [-0.2, 0) is 14.8 Å². The fourth-order valence-electron chi connectivity index (χ4n) is 3.79. The number of carbonyl (C=O) groups excluding carboxylic acids is 1. The molecule has 33 heavy (non-hydrogen) atoms. The van der Waals surface area contributed by atoms with Gasteiger partial charge in [-0.25, -0.2) is 8.42 Å². The molecule has 1 heterocycles. The molecule has 0 unspecified atom stereocenters. The number of hydrogen-bond donors (Lipinski definition) is 1. The van der Waals surface area contributed by atoms with Gasteiger partial charge in [-0.05, 0) is 49.2 Å². The van der Waals surface area contributed by atoms with Crippen LogP contribution in [0, 0.1) is 5.92 Å². The minimum atomic E-state index is -4.82. The highest BCUT2D eigenvalue weighted by atomic mass is 35.5. The second-order valence-electron chi connectivity index (χ2n) is 7.54. The van der Waals surface area contributed by atoms with E-state index in [2.05, 4.69) is 4.74 Å². The van der Waals surface area contributed by atoms with Gasteiger partial charge in [0, 0.05) is 31.2 Å². The van der Waals surface area contributed by atoms with Crippen molar-refractivity contribution in [2.45, 2.75) is 30.1 Å². The average Bonchev–Trinajstić information content (AvgIpc) is 2.77. The normalized spacial score (nSPS) is 19.8. The molecular weight excluding hydrogens is 485 g/mol. The molecule has 0 aromatic heterocycles. The summed E-state index contributed by atoms with van der Waals surface area (Å²) in [4.78, 5) is 14.2. The number of sulfonamides is 1. The minimum absolute atomic E-state index is 0.00138. The maximum Gasteiger partial charge on any atom is 0.573 e. The van der Waals surface area contributed by atoms with Gasteiger partial charge in [0.1, 0.15) is 10.6 Å². The molecule has 1 N–H and O–H groups in total. The second kappa shape index (κ2) is 9.88. The van der Waals surface area contributed by atoms with Gasteiger partial charge >= 0.3 is 6.36 Å². The summed E-state index contributed by atoms with van der Waals surface area (Å²) in [6, 6.07) is 9.99. The van der Waals surface area contributed by atoms with Crippen molar-refractivity contribution in [3.63, 3.8) is 0 Å². The van der Waals surface area contributed by atoms with Crippen LogP contribution < -0.4 is 9.64 Å². The van der Waals surface area contributed by atoms with Gasteiger partial charge in [-0.15, -0.1) is 13.2 Å². The lowest BCUT2D eigenvalue weighted by molar-refractivity contribution is -0.274. The Morgan fingerprint density at radius 3 is 2.42 bits per heavy atom. The zero-order valence-electron chi connectivity index (χ0n) is 17.5. The van der Waals surface area contributed by atoms with E-state index in [4.69, 9.17) is 11.6 Å². The van der Waals surface area contributed by atoms with Gasteiger partial charge in [-0.2, -0.15) is 4.31 Å². The summed E-state index contributed by atoms with van der Waals surface area (Å²) in [5, 5.41) is 9.91. The first-order valence-electron chi connectivity index (χ1n) is 9.94. The van der Waals surface area contributed by atoms with Crippen LogP contribution in [0.2, 0.25) is 5.02 Å². The van der Waals surface area contributed by atoms with Crippen LogP contribution in [0.1, 0.15) is 12.8 Å². The molecule has 0 spiro atoms. The monoisotopic (exact) mass is 506 g/mol. The fraction of sp³-hybridized carbons (Fsp3) is 0.381. The van der Waals surface area contributed by atoms with Crippen molar-refractivity contribution in [3.8, 4) is 5.75 Å². The van der Waals surface area contributed by atoms with Crippen molar-refractivity contribution < 1.29 is 36.2 Å². The van der Waals surface area contributed by atoms with Gasteiger partial charge in [0.05, 0.1) is 11.6 Å². The standard InChI is InChI=1S/C21H22ClF3N2O5S/c1-26(15-6-8-17(9-7-15)32-21(23,24)25)20(29)14-10-11-27(16(12-14)13-28)33(30,31)19-5-3-2-4-18(19)22/h2-9,14,16,28H,10-13H2,1H3/t14-,16-/m0/s1.